The lowest BCUT2D eigenvalue weighted by Crippen LogP contribution is -2.10. The maximum Gasteiger partial charge on any atom is 0.161 e. The van der Waals surface area contributed by atoms with E-state index >= 15 is 0 Å². The molecule has 0 aliphatic heterocycles. The Morgan fingerprint density at radius 3 is 2.62 bits per heavy atom. The van der Waals surface area contributed by atoms with Crippen molar-refractivity contribution in [2.75, 3.05) is 11.9 Å². The highest BCUT2D eigenvalue weighted by Gasteiger charge is 2.17. The molecule has 0 atom stereocenters. The highest BCUT2D eigenvalue weighted by atomic mass is 15.0. The van der Waals surface area contributed by atoms with Crippen LogP contribution in [-0.2, 0) is 12.8 Å². The molecular formula is C18H23N3. The standard InChI is InChI=1S/C18H23N3/c1-2-13-19-18-15-11-7-4-8-12-16(15)20-17(21-18)14-9-5-3-6-10-14/h3,5-6,9-10H,2,4,7-8,11-13H2,1H3,(H,19,20,21). The lowest BCUT2D eigenvalue weighted by molar-refractivity contribution is 0.709. The van der Waals surface area contributed by atoms with Crippen LogP contribution in [0, 0.1) is 0 Å². The summed E-state index contributed by atoms with van der Waals surface area (Å²) in [7, 11) is 0. The van der Waals surface area contributed by atoms with Gasteiger partial charge in [-0.3, -0.25) is 0 Å². The third-order valence-corrected chi connectivity index (χ3v) is 4.01. The molecule has 21 heavy (non-hydrogen) atoms. The van der Waals surface area contributed by atoms with E-state index in [0.29, 0.717) is 0 Å². The molecule has 0 fully saturated rings. The zero-order valence-electron chi connectivity index (χ0n) is 12.7. The third kappa shape index (κ3) is 3.23. The molecule has 0 spiro atoms. The predicted molar refractivity (Wildman–Crippen MR) is 87.5 cm³/mol. The number of hydrogen-bond acceptors (Lipinski definition) is 3. The minimum atomic E-state index is 0.856. The molecular weight excluding hydrogens is 258 g/mol. The lowest BCUT2D eigenvalue weighted by atomic mass is 10.1. The summed E-state index contributed by atoms with van der Waals surface area (Å²) in [5, 5.41) is 3.51. The van der Waals surface area contributed by atoms with Gasteiger partial charge >= 0.3 is 0 Å². The van der Waals surface area contributed by atoms with Crippen molar-refractivity contribution in [2.24, 2.45) is 0 Å². The van der Waals surface area contributed by atoms with Gasteiger partial charge in [-0.05, 0) is 32.1 Å². The molecule has 2 aromatic rings. The first-order valence-corrected chi connectivity index (χ1v) is 8.07. The summed E-state index contributed by atoms with van der Waals surface area (Å²) in [6, 6.07) is 10.3. The van der Waals surface area contributed by atoms with Crippen LogP contribution in [0.15, 0.2) is 30.3 Å². The summed E-state index contributed by atoms with van der Waals surface area (Å²) in [6.45, 7) is 3.16. The molecule has 0 unspecified atom stereocenters. The maximum absolute atomic E-state index is 4.86. The van der Waals surface area contributed by atoms with Gasteiger partial charge in [-0.15, -0.1) is 0 Å². The molecule has 1 aromatic carbocycles. The van der Waals surface area contributed by atoms with Gasteiger partial charge in [0.2, 0.25) is 0 Å². The molecule has 1 aliphatic carbocycles. The van der Waals surface area contributed by atoms with E-state index in [1.54, 1.807) is 0 Å². The number of nitrogens with one attached hydrogen (secondary N) is 1. The van der Waals surface area contributed by atoms with Crippen molar-refractivity contribution in [2.45, 2.75) is 45.4 Å². The SMILES string of the molecule is CCCNc1nc(-c2ccccc2)nc2c1CCCCC2. The average molecular weight is 281 g/mol. The fourth-order valence-corrected chi connectivity index (χ4v) is 2.88. The van der Waals surface area contributed by atoms with Crippen molar-refractivity contribution >= 4 is 5.82 Å². The van der Waals surface area contributed by atoms with Crippen LogP contribution in [0.1, 0.15) is 43.9 Å². The van der Waals surface area contributed by atoms with Crippen LogP contribution in [0.3, 0.4) is 0 Å². The third-order valence-electron chi connectivity index (χ3n) is 4.01. The fraction of sp³-hybridized carbons (Fsp3) is 0.444. The zero-order valence-corrected chi connectivity index (χ0v) is 12.7. The van der Waals surface area contributed by atoms with Crippen molar-refractivity contribution < 1.29 is 0 Å². The van der Waals surface area contributed by atoms with Crippen LogP contribution < -0.4 is 5.32 Å². The average Bonchev–Trinajstić information content (AvgIpc) is 2.78. The fourth-order valence-electron chi connectivity index (χ4n) is 2.88. The Morgan fingerprint density at radius 1 is 1.00 bits per heavy atom. The zero-order chi connectivity index (χ0) is 14.5. The molecule has 0 saturated carbocycles. The topological polar surface area (TPSA) is 37.8 Å². The van der Waals surface area contributed by atoms with E-state index in [0.717, 1.165) is 43.0 Å². The highest BCUT2D eigenvalue weighted by Crippen LogP contribution is 2.27. The first kappa shape index (κ1) is 14.1. The number of fused-ring (bicyclic) bond motifs is 1. The van der Waals surface area contributed by atoms with Crippen LogP contribution in [0.2, 0.25) is 0 Å². The van der Waals surface area contributed by atoms with Gasteiger partial charge in [-0.2, -0.15) is 0 Å². The van der Waals surface area contributed by atoms with Crippen molar-refractivity contribution in [3.8, 4) is 11.4 Å². The van der Waals surface area contributed by atoms with E-state index in [1.165, 1.54) is 30.5 Å². The molecule has 1 aliphatic rings. The molecule has 0 saturated heterocycles. The Labute approximate surface area is 126 Å². The molecule has 1 N–H and O–H groups in total. The van der Waals surface area contributed by atoms with Gasteiger partial charge in [0, 0.05) is 23.4 Å². The van der Waals surface area contributed by atoms with E-state index in [-0.39, 0.29) is 0 Å². The van der Waals surface area contributed by atoms with Gasteiger partial charge in [0.1, 0.15) is 5.82 Å². The monoisotopic (exact) mass is 281 g/mol. The highest BCUT2D eigenvalue weighted by molar-refractivity contribution is 5.60. The number of benzene rings is 1. The second-order valence-corrected chi connectivity index (χ2v) is 5.67. The Balaban J connectivity index is 2.04. The van der Waals surface area contributed by atoms with E-state index in [2.05, 4.69) is 24.4 Å². The van der Waals surface area contributed by atoms with Crippen LogP contribution in [0.4, 0.5) is 5.82 Å². The summed E-state index contributed by atoms with van der Waals surface area (Å²) < 4.78 is 0. The molecule has 3 heteroatoms. The summed E-state index contributed by atoms with van der Waals surface area (Å²) in [6.07, 6.45) is 7.09. The van der Waals surface area contributed by atoms with E-state index < -0.39 is 0 Å². The largest absolute Gasteiger partial charge is 0.370 e. The van der Waals surface area contributed by atoms with Crippen LogP contribution >= 0.6 is 0 Å². The van der Waals surface area contributed by atoms with Gasteiger partial charge in [0.25, 0.3) is 0 Å². The summed E-state index contributed by atoms with van der Waals surface area (Å²) in [5.74, 6) is 1.91. The van der Waals surface area contributed by atoms with Gasteiger partial charge in [0.15, 0.2) is 5.82 Å². The number of anilines is 1. The van der Waals surface area contributed by atoms with E-state index in [9.17, 15) is 0 Å². The first-order valence-electron chi connectivity index (χ1n) is 8.07. The first-order chi connectivity index (χ1) is 10.4. The summed E-state index contributed by atoms with van der Waals surface area (Å²) in [4.78, 5) is 9.67. The van der Waals surface area contributed by atoms with Gasteiger partial charge in [0.05, 0.1) is 0 Å². The molecule has 1 aromatic heterocycles. The summed E-state index contributed by atoms with van der Waals surface area (Å²) >= 11 is 0. The number of rotatable bonds is 4. The minimum absolute atomic E-state index is 0.856. The Hall–Kier alpha value is -1.90. The van der Waals surface area contributed by atoms with Crippen molar-refractivity contribution in [3.05, 3.63) is 41.6 Å². The maximum atomic E-state index is 4.86. The molecule has 3 rings (SSSR count). The van der Waals surface area contributed by atoms with Crippen molar-refractivity contribution in [1.29, 1.82) is 0 Å². The normalized spacial score (nSPS) is 14.3. The van der Waals surface area contributed by atoms with Crippen LogP contribution in [0.5, 0.6) is 0 Å². The Bertz CT molecular complexity index is 593. The van der Waals surface area contributed by atoms with Crippen LogP contribution in [-0.4, -0.2) is 16.5 Å². The molecule has 0 amide bonds. The quantitative estimate of drug-likeness (QED) is 0.852. The predicted octanol–water partition coefficient (Wildman–Crippen LogP) is 4.23. The number of hydrogen-bond donors (Lipinski definition) is 1. The number of aryl methyl sites for hydroxylation is 1. The number of aromatic nitrogens is 2. The minimum Gasteiger partial charge on any atom is -0.370 e. The molecule has 0 radical (unpaired) electrons. The van der Waals surface area contributed by atoms with Crippen molar-refractivity contribution in [3.63, 3.8) is 0 Å². The second-order valence-electron chi connectivity index (χ2n) is 5.67. The van der Waals surface area contributed by atoms with Gasteiger partial charge < -0.3 is 5.32 Å². The van der Waals surface area contributed by atoms with Crippen LogP contribution in [0.25, 0.3) is 11.4 Å². The number of nitrogens with zero attached hydrogens (tertiary/aromatic N) is 2. The molecule has 0 bridgehead atoms. The Morgan fingerprint density at radius 2 is 1.81 bits per heavy atom. The second kappa shape index (κ2) is 6.70. The van der Waals surface area contributed by atoms with E-state index in [1.807, 2.05) is 18.2 Å². The lowest BCUT2D eigenvalue weighted by Gasteiger charge is -2.14. The van der Waals surface area contributed by atoms with Gasteiger partial charge in [-0.25, -0.2) is 9.97 Å². The molecule has 1 heterocycles. The Kier molecular flexibility index (Phi) is 4.49. The van der Waals surface area contributed by atoms with E-state index in [4.69, 9.17) is 9.97 Å². The molecule has 3 nitrogen and oxygen atoms in total. The van der Waals surface area contributed by atoms with Crippen molar-refractivity contribution in [1.82, 2.24) is 9.97 Å². The smallest absolute Gasteiger partial charge is 0.161 e. The molecule has 110 valence electrons. The summed E-state index contributed by atoms with van der Waals surface area (Å²) in [5.41, 5.74) is 3.70. The van der Waals surface area contributed by atoms with Gasteiger partial charge in [-0.1, -0.05) is 43.7 Å².